The molecule has 2 rings (SSSR count). The molecule has 2 aromatic carbocycles. The summed E-state index contributed by atoms with van der Waals surface area (Å²) in [4.78, 5) is 0. The molecule has 0 spiro atoms. The molecule has 0 saturated heterocycles. The highest BCUT2D eigenvalue weighted by Crippen LogP contribution is 2.31. The van der Waals surface area contributed by atoms with E-state index in [0.717, 1.165) is 16.7 Å². The van der Waals surface area contributed by atoms with Crippen molar-refractivity contribution in [2.24, 2.45) is 0 Å². The van der Waals surface area contributed by atoms with E-state index in [-0.39, 0.29) is 5.92 Å². The molecule has 1 N–H and O–H groups in total. The van der Waals surface area contributed by atoms with Crippen LogP contribution in [-0.4, -0.2) is 5.11 Å². The highest BCUT2D eigenvalue weighted by atomic mass is 16.3. The molecular weight excluding hydrogens is 220 g/mol. The Hall–Kier alpha value is -2.02. The van der Waals surface area contributed by atoms with Crippen LogP contribution in [0.1, 0.15) is 30.9 Å². The van der Waals surface area contributed by atoms with E-state index in [1.807, 2.05) is 50.2 Å². The van der Waals surface area contributed by atoms with Gasteiger partial charge in [0.05, 0.1) is 5.92 Å². The van der Waals surface area contributed by atoms with Gasteiger partial charge in [0.15, 0.2) is 0 Å². The summed E-state index contributed by atoms with van der Waals surface area (Å²) in [6.45, 7) is 3.88. The highest BCUT2D eigenvalue weighted by Gasteiger charge is 2.18. The molecule has 0 atom stereocenters. The van der Waals surface area contributed by atoms with Gasteiger partial charge in [0.1, 0.15) is 5.76 Å². The normalized spacial score (nSPS) is 10.4. The zero-order valence-corrected chi connectivity index (χ0v) is 10.8. The summed E-state index contributed by atoms with van der Waals surface area (Å²) in [7, 11) is 0. The van der Waals surface area contributed by atoms with E-state index in [0.29, 0.717) is 5.76 Å². The number of hydrogen-bond donors (Lipinski definition) is 1. The molecule has 0 fully saturated rings. The third-order valence-electron chi connectivity index (χ3n) is 3.05. The zero-order chi connectivity index (χ0) is 13.0. The zero-order valence-electron chi connectivity index (χ0n) is 10.8. The second kappa shape index (κ2) is 5.54. The maximum atomic E-state index is 10.4. The SMILES string of the molecule is CC(C)=C(O)C(c1ccccc1)c1ccccc1. The van der Waals surface area contributed by atoms with E-state index >= 15 is 0 Å². The molecule has 0 amide bonds. The largest absolute Gasteiger partial charge is 0.511 e. The van der Waals surface area contributed by atoms with Gasteiger partial charge in [-0.1, -0.05) is 60.7 Å². The van der Waals surface area contributed by atoms with Crippen molar-refractivity contribution < 1.29 is 5.11 Å². The van der Waals surface area contributed by atoms with Crippen molar-refractivity contribution in [2.75, 3.05) is 0 Å². The van der Waals surface area contributed by atoms with Crippen LogP contribution in [0.15, 0.2) is 72.0 Å². The molecule has 0 radical (unpaired) electrons. The lowest BCUT2D eigenvalue weighted by atomic mass is 9.88. The first-order valence-electron chi connectivity index (χ1n) is 6.16. The molecule has 18 heavy (non-hydrogen) atoms. The van der Waals surface area contributed by atoms with Gasteiger partial charge >= 0.3 is 0 Å². The molecule has 2 aromatic rings. The third kappa shape index (κ3) is 2.62. The van der Waals surface area contributed by atoms with Crippen molar-refractivity contribution in [3.63, 3.8) is 0 Å². The average molecular weight is 238 g/mol. The average Bonchev–Trinajstić information content (AvgIpc) is 2.41. The minimum absolute atomic E-state index is 0.0719. The lowest BCUT2D eigenvalue weighted by Gasteiger charge is -2.18. The van der Waals surface area contributed by atoms with E-state index in [2.05, 4.69) is 24.3 Å². The molecule has 1 nitrogen and oxygen atoms in total. The summed E-state index contributed by atoms with van der Waals surface area (Å²) in [5, 5.41) is 10.4. The summed E-state index contributed by atoms with van der Waals surface area (Å²) in [5.41, 5.74) is 3.18. The first-order chi connectivity index (χ1) is 8.70. The molecule has 0 bridgehead atoms. The van der Waals surface area contributed by atoms with Crippen molar-refractivity contribution in [1.29, 1.82) is 0 Å². The Morgan fingerprint density at radius 1 is 0.778 bits per heavy atom. The third-order valence-corrected chi connectivity index (χ3v) is 3.05. The Balaban J connectivity index is 2.53. The van der Waals surface area contributed by atoms with Gasteiger partial charge in [0.25, 0.3) is 0 Å². The van der Waals surface area contributed by atoms with Crippen LogP contribution in [0.4, 0.5) is 0 Å². The molecular formula is C17H18O. The van der Waals surface area contributed by atoms with Crippen LogP contribution in [0.3, 0.4) is 0 Å². The second-order valence-electron chi connectivity index (χ2n) is 4.64. The smallest absolute Gasteiger partial charge is 0.103 e. The molecule has 0 aliphatic rings. The Kier molecular flexibility index (Phi) is 3.83. The first kappa shape index (κ1) is 12.4. The molecule has 0 unspecified atom stereocenters. The standard InChI is InChI=1S/C17H18O/c1-13(2)17(18)16(14-9-5-3-6-10-14)15-11-7-4-8-12-15/h3-12,16,18H,1-2H3. The summed E-state index contributed by atoms with van der Waals surface area (Å²) in [6, 6.07) is 20.2. The number of allylic oxidation sites excluding steroid dienone is 2. The van der Waals surface area contributed by atoms with Crippen LogP contribution in [0.5, 0.6) is 0 Å². The minimum Gasteiger partial charge on any atom is -0.511 e. The van der Waals surface area contributed by atoms with E-state index in [4.69, 9.17) is 0 Å². The maximum absolute atomic E-state index is 10.4. The summed E-state index contributed by atoms with van der Waals surface area (Å²) in [6.07, 6.45) is 0. The topological polar surface area (TPSA) is 20.2 Å². The van der Waals surface area contributed by atoms with Gasteiger partial charge in [0.2, 0.25) is 0 Å². The van der Waals surface area contributed by atoms with Gasteiger partial charge in [-0.2, -0.15) is 0 Å². The molecule has 0 aromatic heterocycles. The highest BCUT2D eigenvalue weighted by molar-refractivity contribution is 5.39. The van der Waals surface area contributed by atoms with Crippen molar-refractivity contribution in [3.05, 3.63) is 83.1 Å². The number of benzene rings is 2. The fourth-order valence-electron chi connectivity index (χ4n) is 2.09. The number of rotatable bonds is 3. The summed E-state index contributed by atoms with van der Waals surface area (Å²) < 4.78 is 0. The number of hydrogen-bond acceptors (Lipinski definition) is 1. The van der Waals surface area contributed by atoms with Gasteiger partial charge in [-0.3, -0.25) is 0 Å². The molecule has 92 valence electrons. The van der Waals surface area contributed by atoms with Gasteiger partial charge in [-0.05, 0) is 30.5 Å². The Bertz CT molecular complexity index is 483. The van der Waals surface area contributed by atoms with Crippen LogP contribution in [-0.2, 0) is 0 Å². The number of aliphatic hydroxyl groups is 1. The van der Waals surface area contributed by atoms with E-state index < -0.39 is 0 Å². The predicted octanol–water partition coefficient (Wildman–Crippen LogP) is 4.67. The minimum atomic E-state index is -0.0719. The van der Waals surface area contributed by atoms with Crippen LogP contribution in [0, 0.1) is 0 Å². The summed E-state index contributed by atoms with van der Waals surface area (Å²) >= 11 is 0. The first-order valence-corrected chi connectivity index (χ1v) is 6.16. The van der Waals surface area contributed by atoms with E-state index in [9.17, 15) is 5.11 Å². The van der Waals surface area contributed by atoms with Crippen molar-refractivity contribution >= 4 is 0 Å². The van der Waals surface area contributed by atoms with Crippen LogP contribution >= 0.6 is 0 Å². The molecule has 0 aliphatic carbocycles. The van der Waals surface area contributed by atoms with E-state index in [1.165, 1.54) is 0 Å². The van der Waals surface area contributed by atoms with Crippen LogP contribution < -0.4 is 0 Å². The van der Waals surface area contributed by atoms with Crippen molar-refractivity contribution in [2.45, 2.75) is 19.8 Å². The lowest BCUT2D eigenvalue weighted by Crippen LogP contribution is -2.05. The second-order valence-corrected chi connectivity index (χ2v) is 4.64. The summed E-state index contributed by atoms with van der Waals surface area (Å²) in [5.74, 6) is 0.366. The van der Waals surface area contributed by atoms with Crippen molar-refractivity contribution in [3.8, 4) is 0 Å². The fourth-order valence-corrected chi connectivity index (χ4v) is 2.09. The fraction of sp³-hybridized carbons (Fsp3) is 0.176. The van der Waals surface area contributed by atoms with Gasteiger partial charge in [-0.25, -0.2) is 0 Å². The van der Waals surface area contributed by atoms with Gasteiger partial charge < -0.3 is 5.11 Å². The number of aliphatic hydroxyl groups excluding tert-OH is 1. The Morgan fingerprint density at radius 3 is 1.50 bits per heavy atom. The van der Waals surface area contributed by atoms with Crippen molar-refractivity contribution in [1.82, 2.24) is 0 Å². The Labute approximate surface area is 108 Å². The Morgan fingerprint density at radius 2 is 1.17 bits per heavy atom. The molecule has 0 heterocycles. The van der Waals surface area contributed by atoms with Gasteiger partial charge in [0, 0.05) is 0 Å². The van der Waals surface area contributed by atoms with Gasteiger partial charge in [-0.15, -0.1) is 0 Å². The molecule has 0 aliphatic heterocycles. The lowest BCUT2D eigenvalue weighted by molar-refractivity contribution is 0.374. The molecule has 0 saturated carbocycles. The molecule has 1 heteroatoms. The monoisotopic (exact) mass is 238 g/mol. The maximum Gasteiger partial charge on any atom is 0.103 e. The van der Waals surface area contributed by atoms with Crippen LogP contribution in [0.25, 0.3) is 0 Å². The van der Waals surface area contributed by atoms with E-state index in [1.54, 1.807) is 0 Å². The quantitative estimate of drug-likeness (QED) is 0.770. The van der Waals surface area contributed by atoms with Crippen LogP contribution in [0.2, 0.25) is 0 Å². The predicted molar refractivity (Wildman–Crippen MR) is 75.7 cm³/mol.